The number of rotatable bonds is 6. The summed E-state index contributed by atoms with van der Waals surface area (Å²) in [7, 11) is -3.56. The number of fused-ring (bicyclic) bond motifs is 2. The lowest BCUT2D eigenvalue weighted by Gasteiger charge is -2.28. The van der Waals surface area contributed by atoms with Crippen molar-refractivity contribution in [3.05, 3.63) is 46.7 Å². The fourth-order valence-electron chi connectivity index (χ4n) is 4.62. The Balaban J connectivity index is 1.40. The normalized spacial score (nSPS) is 25.4. The van der Waals surface area contributed by atoms with Gasteiger partial charge in [0.2, 0.25) is 10.0 Å². The largest absolute Gasteiger partial charge is 0.321 e. The molecule has 2 aromatic rings. The maximum Gasteiger partial charge on any atom is 0.265 e. The second kappa shape index (κ2) is 7.37. The average molecular weight is 405 g/mol. The van der Waals surface area contributed by atoms with Crippen LogP contribution in [0.15, 0.2) is 46.7 Å². The van der Waals surface area contributed by atoms with Crippen LogP contribution in [-0.2, 0) is 10.0 Å². The minimum atomic E-state index is -3.56. The molecule has 2 aliphatic rings. The molecule has 2 bridgehead atoms. The zero-order valence-corrected chi connectivity index (χ0v) is 16.9. The van der Waals surface area contributed by atoms with E-state index in [1.165, 1.54) is 30.6 Å². The van der Waals surface area contributed by atoms with E-state index in [4.69, 9.17) is 0 Å². The first-order valence-corrected chi connectivity index (χ1v) is 11.8. The molecule has 5 nitrogen and oxygen atoms in total. The number of hydrogen-bond acceptors (Lipinski definition) is 4. The van der Waals surface area contributed by atoms with E-state index in [0.717, 1.165) is 12.3 Å². The lowest BCUT2D eigenvalue weighted by molar-refractivity contribution is 0.103. The molecule has 4 rings (SSSR count). The van der Waals surface area contributed by atoms with Gasteiger partial charge in [0.05, 0.1) is 9.77 Å². The molecule has 4 atom stereocenters. The summed E-state index contributed by atoms with van der Waals surface area (Å²) in [5.74, 6) is 1.72. The highest BCUT2D eigenvalue weighted by Crippen LogP contribution is 2.49. The van der Waals surface area contributed by atoms with Gasteiger partial charge in [0, 0.05) is 11.7 Å². The maximum absolute atomic E-state index is 12.7. The third-order valence-corrected chi connectivity index (χ3v) is 8.39. The van der Waals surface area contributed by atoms with Crippen LogP contribution in [0.25, 0.3) is 0 Å². The number of carbonyl (C=O) groups is 1. The van der Waals surface area contributed by atoms with Crippen molar-refractivity contribution < 1.29 is 13.2 Å². The first-order chi connectivity index (χ1) is 12.9. The molecule has 2 fully saturated rings. The highest BCUT2D eigenvalue weighted by molar-refractivity contribution is 7.89. The SMILES string of the molecule is C[C@@H](NS(=O)(=O)c1ccc(NC(=O)c2cccs2)cc1)[C@@H]1C[C@@H]2CC[C@@H]1C2. The molecule has 0 saturated heterocycles. The molecule has 2 N–H and O–H groups in total. The minimum Gasteiger partial charge on any atom is -0.321 e. The molecule has 1 heterocycles. The molecule has 1 aromatic heterocycles. The number of sulfonamides is 1. The smallest absolute Gasteiger partial charge is 0.265 e. The quantitative estimate of drug-likeness (QED) is 0.761. The average Bonchev–Trinajstić information content (AvgIpc) is 3.39. The Kier molecular flexibility index (Phi) is 5.09. The molecule has 27 heavy (non-hydrogen) atoms. The van der Waals surface area contributed by atoms with Crippen molar-refractivity contribution in [2.24, 2.45) is 17.8 Å². The van der Waals surface area contributed by atoms with E-state index in [-0.39, 0.29) is 16.8 Å². The highest BCUT2D eigenvalue weighted by atomic mass is 32.2. The summed E-state index contributed by atoms with van der Waals surface area (Å²) in [5, 5.41) is 4.62. The van der Waals surface area contributed by atoms with E-state index in [9.17, 15) is 13.2 Å². The van der Waals surface area contributed by atoms with Gasteiger partial charge in [0.1, 0.15) is 0 Å². The van der Waals surface area contributed by atoms with Crippen molar-refractivity contribution in [1.29, 1.82) is 0 Å². The van der Waals surface area contributed by atoms with Crippen LogP contribution in [0.2, 0.25) is 0 Å². The van der Waals surface area contributed by atoms with E-state index >= 15 is 0 Å². The van der Waals surface area contributed by atoms with Crippen LogP contribution in [0.1, 0.15) is 42.3 Å². The van der Waals surface area contributed by atoms with Gasteiger partial charge in [-0.05, 0) is 79.7 Å². The van der Waals surface area contributed by atoms with Crippen molar-refractivity contribution in [2.75, 3.05) is 5.32 Å². The maximum atomic E-state index is 12.7. The standard InChI is InChI=1S/C20H24N2O3S2/c1-13(18-12-14-4-5-15(18)11-14)22-27(24,25)17-8-6-16(7-9-17)21-20(23)19-3-2-10-26-19/h2-3,6-10,13-15,18,22H,4-5,11-12H2,1H3,(H,21,23)/t13-,14-,15-,18+/m1/s1. The number of anilines is 1. The molecule has 2 aliphatic carbocycles. The second-order valence-corrected chi connectivity index (χ2v) is 10.4. The van der Waals surface area contributed by atoms with E-state index < -0.39 is 10.0 Å². The van der Waals surface area contributed by atoms with Crippen molar-refractivity contribution in [1.82, 2.24) is 4.72 Å². The van der Waals surface area contributed by atoms with Gasteiger partial charge in [-0.1, -0.05) is 12.5 Å². The van der Waals surface area contributed by atoms with Gasteiger partial charge in [-0.25, -0.2) is 13.1 Å². The molecule has 0 unspecified atom stereocenters. The summed E-state index contributed by atoms with van der Waals surface area (Å²) >= 11 is 1.36. The van der Waals surface area contributed by atoms with Crippen LogP contribution in [0.4, 0.5) is 5.69 Å². The summed E-state index contributed by atoms with van der Waals surface area (Å²) < 4.78 is 28.3. The monoisotopic (exact) mass is 404 g/mol. The number of hydrogen-bond donors (Lipinski definition) is 2. The van der Waals surface area contributed by atoms with Crippen LogP contribution in [0, 0.1) is 17.8 Å². The Morgan fingerprint density at radius 2 is 1.93 bits per heavy atom. The summed E-state index contributed by atoms with van der Waals surface area (Å²) in [5.41, 5.74) is 0.577. The summed E-state index contributed by atoms with van der Waals surface area (Å²) in [6.45, 7) is 1.98. The molecule has 1 aromatic carbocycles. The molecule has 144 valence electrons. The molecular formula is C20H24N2O3S2. The predicted octanol–water partition coefficient (Wildman–Crippen LogP) is 4.10. The van der Waals surface area contributed by atoms with Crippen molar-refractivity contribution in [3.8, 4) is 0 Å². The van der Waals surface area contributed by atoms with Gasteiger partial charge in [-0.3, -0.25) is 4.79 Å². The van der Waals surface area contributed by atoms with Crippen LogP contribution < -0.4 is 10.0 Å². The van der Waals surface area contributed by atoms with E-state index in [1.807, 2.05) is 18.4 Å². The topological polar surface area (TPSA) is 75.3 Å². The third kappa shape index (κ3) is 3.95. The van der Waals surface area contributed by atoms with Crippen molar-refractivity contribution >= 4 is 33.0 Å². The summed E-state index contributed by atoms with van der Waals surface area (Å²) in [6, 6.07) is 9.85. The molecular weight excluding hydrogens is 380 g/mol. The van der Waals surface area contributed by atoms with E-state index in [2.05, 4.69) is 10.0 Å². The minimum absolute atomic E-state index is 0.0523. The molecule has 2 saturated carbocycles. The lowest BCUT2D eigenvalue weighted by atomic mass is 9.84. The Hall–Kier alpha value is -1.70. The second-order valence-electron chi connectivity index (χ2n) is 7.70. The number of benzene rings is 1. The van der Waals surface area contributed by atoms with Gasteiger partial charge in [-0.15, -0.1) is 11.3 Å². The number of carbonyl (C=O) groups excluding carboxylic acids is 1. The molecule has 0 radical (unpaired) electrons. The molecule has 0 spiro atoms. The van der Waals surface area contributed by atoms with E-state index in [1.54, 1.807) is 30.3 Å². The fourth-order valence-corrected chi connectivity index (χ4v) is 6.54. The van der Waals surface area contributed by atoms with Gasteiger partial charge in [0.25, 0.3) is 5.91 Å². The molecule has 1 amide bonds. The fraction of sp³-hybridized carbons (Fsp3) is 0.450. The van der Waals surface area contributed by atoms with Gasteiger partial charge in [-0.2, -0.15) is 0 Å². The number of nitrogens with one attached hydrogen (secondary N) is 2. The van der Waals surface area contributed by atoms with Crippen molar-refractivity contribution in [2.45, 2.75) is 43.5 Å². The third-order valence-electron chi connectivity index (χ3n) is 5.94. The van der Waals surface area contributed by atoms with Crippen LogP contribution in [-0.4, -0.2) is 20.4 Å². The molecule has 0 aliphatic heterocycles. The van der Waals surface area contributed by atoms with Gasteiger partial charge >= 0.3 is 0 Å². The number of amides is 1. The zero-order chi connectivity index (χ0) is 19.0. The Labute approximate surface area is 164 Å². The van der Waals surface area contributed by atoms with Gasteiger partial charge in [0.15, 0.2) is 0 Å². The lowest BCUT2D eigenvalue weighted by Crippen LogP contribution is -2.40. The first kappa shape index (κ1) is 18.7. The summed E-state index contributed by atoms with van der Waals surface area (Å²) in [4.78, 5) is 12.9. The predicted molar refractivity (Wildman–Crippen MR) is 107 cm³/mol. The number of thiophene rings is 1. The highest BCUT2D eigenvalue weighted by Gasteiger charge is 2.42. The van der Waals surface area contributed by atoms with Crippen LogP contribution in [0.5, 0.6) is 0 Å². The molecule has 7 heteroatoms. The van der Waals surface area contributed by atoms with Crippen molar-refractivity contribution in [3.63, 3.8) is 0 Å². The Morgan fingerprint density at radius 1 is 1.15 bits per heavy atom. The van der Waals surface area contributed by atoms with Crippen LogP contribution in [0.3, 0.4) is 0 Å². The Morgan fingerprint density at radius 3 is 2.52 bits per heavy atom. The van der Waals surface area contributed by atoms with Crippen LogP contribution >= 0.6 is 11.3 Å². The zero-order valence-electron chi connectivity index (χ0n) is 15.2. The summed E-state index contributed by atoms with van der Waals surface area (Å²) in [6.07, 6.45) is 4.94. The van der Waals surface area contributed by atoms with E-state index in [0.29, 0.717) is 22.4 Å². The first-order valence-electron chi connectivity index (χ1n) is 9.39. The van der Waals surface area contributed by atoms with Gasteiger partial charge < -0.3 is 5.32 Å². The Bertz CT molecular complexity index is 907.